The van der Waals surface area contributed by atoms with Crippen LogP contribution in [0.5, 0.6) is 0 Å². The SMILES string of the molecule is O=S1(=O)CC[C@@H](N(Cc2sccc2Cl)C[C@H]2CCCO2)C1. The fourth-order valence-corrected chi connectivity index (χ4v) is 5.96. The predicted molar refractivity (Wildman–Crippen MR) is 85.8 cm³/mol. The van der Waals surface area contributed by atoms with Crippen molar-refractivity contribution in [2.45, 2.75) is 38.0 Å². The Bertz CT molecular complexity index is 581. The Morgan fingerprint density at radius 1 is 1.43 bits per heavy atom. The molecule has 0 bridgehead atoms. The summed E-state index contributed by atoms with van der Waals surface area (Å²) < 4.78 is 29.3. The maximum Gasteiger partial charge on any atom is 0.151 e. The number of thiophene rings is 1. The fraction of sp³-hybridized carbons (Fsp3) is 0.714. The van der Waals surface area contributed by atoms with Gasteiger partial charge in [-0.3, -0.25) is 4.90 Å². The van der Waals surface area contributed by atoms with Crippen LogP contribution in [-0.2, 0) is 21.1 Å². The first kappa shape index (κ1) is 15.7. The zero-order chi connectivity index (χ0) is 14.9. The van der Waals surface area contributed by atoms with Crippen molar-refractivity contribution in [2.75, 3.05) is 24.7 Å². The van der Waals surface area contributed by atoms with Gasteiger partial charge in [0.05, 0.1) is 22.6 Å². The third kappa shape index (κ3) is 3.99. The van der Waals surface area contributed by atoms with Crippen molar-refractivity contribution >= 4 is 32.8 Å². The largest absolute Gasteiger partial charge is 0.377 e. The highest BCUT2D eigenvalue weighted by Crippen LogP contribution is 2.28. The van der Waals surface area contributed by atoms with Crippen LogP contribution in [0.4, 0.5) is 0 Å². The number of hydrogen-bond donors (Lipinski definition) is 0. The van der Waals surface area contributed by atoms with Crippen molar-refractivity contribution in [1.29, 1.82) is 0 Å². The Labute approximate surface area is 135 Å². The number of sulfone groups is 1. The molecule has 118 valence electrons. The fourth-order valence-electron chi connectivity index (χ4n) is 3.08. The summed E-state index contributed by atoms with van der Waals surface area (Å²) in [5.41, 5.74) is 0. The summed E-state index contributed by atoms with van der Waals surface area (Å²) in [7, 11) is -2.88. The van der Waals surface area contributed by atoms with Gasteiger partial charge in [-0.1, -0.05) is 11.6 Å². The van der Waals surface area contributed by atoms with Crippen LogP contribution in [0.3, 0.4) is 0 Å². The number of hydrogen-bond acceptors (Lipinski definition) is 5. The topological polar surface area (TPSA) is 46.6 Å². The van der Waals surface area contributed by atoms with Crippen LogP contribution in [0.25, 0.3) is 0 Å². The summed E-state index contributed by atoms with van der Waals surface area (Å²) >= 11 is 7.83. The molecule has 2 fully saturated rings. The van der Waals surface area contributed by atoms with Crippen LogP contribution in [0.1, 0.15) is 24.1 Å². The number of nitrogens with zero attached hydrogens (tertiary/aromatic N) is 1. The van der Waals surface area contributed by atoms with Crippen LogP contribution >= 0.6 is 22.9 Å². The Hall–Kier alpha value is -0.140. The lowest BCUT2D eigenvalue weighted by atomic mass is 10.1. The Kier molecular flexibility index (Phi) is 4.90. The molecule has 2 aliphatic rings. The first-order valence-electron chi connectivity index (χ1n) is 7.31. The summed E-state index contributed by atoms with van der Waals surface area (Å²) in [4.78, 5) is 3.37. The highest BCUT2D eigenvalue weighted by molar-refractivity contribution is 7.91. The second-order valence-corrected chi connectivity index (χ2v) is 9.45. The molecular formula is C14H20ClNO3S2. The first-order chi connectivity index (χ1) is 10.0. The predicted octanol–water partition coefficient (Wildman–Crippen LogP) is 2.57. The van der Waals surface area contributed by atoms with E-state index in [9.17, 15) is 8.42 Å². The average molecular weight is 350 g/mol. The van der Waals surface area contributed by atoms with Crippen LogP contribution in [-0.4, -0.2) is 50.1 Å². The third-order valence-electron chi connectivity index (χ3n) is 4.22. The van der Waals surface area contributed by atoms with Gasteiger partial charge in [0.15, 0.2) is 9.84 Å². The van der Waals surface area contributed by atoms with Crippen LogP contribution in [0.2, 0.25) is 5.02 Å². The van der Waals surface area contributed by atoms with Gasteiger partial charge >= 0.3 is 0 Å². The molecule has 7 heteroatoms. The Balaban J connectivity index is 1.72. The minimum atomic E-state index is -2.88. The molecule has 3 heterocycles. The van der Waals surface area contributed by atoms with Gasteiger partial charge in [0.1, 0.15) is 0 Å². The second-order valence-electron chi connectivity index (χ2n) is 5.81. The van der Waals surface area contributed by atoms with E-state index in [-0.39, 0.29) is 17.9 Å². The molecule has 0 aromatic carbocycles. The molecule has 0 N–H and O–H groups in total. The standard InChI is InChI=1S/C14H20ClNO3S2/c15-13-3-6-20-14(13)9-16(8-12-2-1-5-19-12)11-4-7-21(17,18)10-11/h3,6,11-12H,1-2,4-5,7-10H2/t11-,12-/m1/s1. The van der Waals surface area contributed by atoms with Crippen molar-refractivity contribution < 1.29 is 13.2 Å². The average Bonchev–Trinajstić information content (AvgIpc) is 3.12. The lowest BCUT2D eigenvalue weighted by Crippen LogP contribution is -2.40. The van der Waals surface area contributed by atoms with Gasteiger partial charge in [-0.25, -0.2) is 8.42 Å². The van der Waals surface area contributed by atoms with E-state index in [0.717, 1.165) is 48.9 Å². The maximum atomic E-state index is 11.8. The molecule has 21 heavy (non-hydrogen) atoms. The quantitative estimate of drug-likeness (QED) is 0.819. The van der Waals surface area contributed by atoms with E-state index in [0.29, 0.717) is 5.75 Å². The van der Waals surface area contributed by atoms with E-state index in [1.165, 1.54) is 0 Å². The maximum absolute atomic E-state index is 11.8. The highest BCUT2D eigenvalue weighted by atomic mass is 35.5. The molecule has 0 radical (unpaired) electrons. The first-order valence-corrected chi connectivity index (χ1v) is 10.4. The molecule has 0 spiro atoms. The minimum Gasteiger partial charge on any atom is -0.377 e. The van der Waals surface area contributed by atoms with Crippen molar-refractivity contribution in [3.05, 3.63) is 21.3 Å². The normalized spacial score (nSPS) is 28.5. The molecule has 2 atom stereocenters. The van der Waals surface area contributed by atoms with Gasteiger partial charge in [-0.05, 0) is 30.7 Å². The molecule has 0 saturated carbocycles. The van der Waals surface area contributed by atoms with Crippen molar-refractivity contribution in [3.63, 3.8) is 0 Å². The van der Waals surface area contributed by atoms with Crippen LogP contribution < -0.4 is 0 Å². The van der Waals surface area contributed by atoms with Crippen molar-refractivity contribution in [2.24, 2.45) is 0 Å². The van der Waals surface area contributed by atoms with E-state index in [2.05, 4.69) is 4.90 Å². The van der Waals surface area contributed by atoms with E-state index in [1.54, 1.807) is 11.3 Å². The molecule has 4 nitrogen and oxygen atoms in total. The van der Waals surface area contributed by atoms with E-state index in [1.807, 2.05) is 11.4 Å². The van der Waals surface area contributed by atoms with Crippen molar-refractivity contribution in [3.8, 4) is 0 Å². The molecule has 0 amide bonds. The van der Waals surface area contributed by atoms with E-state index in [4.69, 9.17) is 16.3 Å². The van der Waals surface area contributed by atoms with Crippen LogP contribution in [0, 0.1) is 0 Å². The monoisotopic (exact) mass is 349 g/mol. The number of rotatable bonds is 5. The minimum absolute atomic E-state index is 0.0948. The summed E-state index contributed by atoms with van der Waals surface area (Å²) in [6, 6.07) is 1.99. The number of halogens is 1. The number of ether oxygens (including phenoxy) is 1. The highest BCUT2D eigenvalue weighted by Gasteiger charge is 2.34. The van der Waals surface area contributed by atoms with Gasteiger partial charge < -0.3 is 4.74 Å². The van der Waals surface area contributed by atoms with E-state index >= 15 is 0 Å². The molecule has 0 aliphatic carbocycles. The summed E-state index contributed by atoms with van der Waals surface area (Å²) in [5.74, 6) is 0.570. The van der Waals surface area contributed by atoms with Crippen LogP contribution in [0.15, 0.2) is 11.4 Å². The molecule has 0 unspecified atom stereocenters. The zero-order valence-corrected chi connectivity index (χ0v) is 14.2. The summed E-state index contributed by atoms with van der Waals surface area (Å²) in [6.45, 7) is 2.34. The smallest absolute Gasteiger partial charge is 0.151 e. The van der Waals surface area contributed by atoms with Gasteiger partial charge in [0.2, 0.25) is 0 Å². The second kappa shape index (κ2) is 6.54. The molecule has 2 aliphatic heterocycles. The lowest BCUT2D eigenvalue weighted by Gasteiger charge is -2.30. The molecular weight excluding hydrogens is 330 g/mol. The Morgan fingerprint density at radius 2 is 2.29 bits per heavy atom. The van der Waals surface area contributed by atoms with Crippen molar-refractivity contribution in [1.82, 2.24) is 4.90 Å². The lowest BCUT2D eigenvalue weighted by molar-refractivity contribution is 0.0579. The van der Waals surface area contributed by atoms with Gasteiger partial charge in [0, 0.05) is 30.6 Å². The van der Waals surface area contributed by atoms with Gasteiger partial charge in [-0.2, -0.15) is 0 Å². The molecule has 2 saturated heterocycles. The third-order valence-corrected chi connectivity index (χ3v) is 7.35. The molecule has 3 rings (SSSR count). The summed E-state index contributed by atoms with van der Waals surface area (Å²) in [6.07, 6.45) is 3.11. The Morgan fingerprint density at radius 3 is 2.86 bits per heavy atom. The van der Waals surface area contributed by atoms with E-state index < -0.39 is 9.84 Å². The molecule has 1 aromatic heterocycles. The van der Waals surface area contributed by atoms with Gasteiger partial charge in [-0.15, -0.1) is 11.3 Å². The zero-order valence-electron chi connectivity index (χ0n) is 11.8. The molecule has 1 aromatic rings. The van der Waals surface area contributed by atoms with Gasteiger partial charge in [0.25, 0.3) is 0 Å². The summed E-state index contributed by atoms with van der Waals surface area (Å²) in [5, 5.41) is 2.76.